The Hall–Kier alpha value is -0.650. The molecular weight excluding hydrogens is 280 g/mol. The fourth-order valence-electron chi connectivity index (χ4n) is 3.61. The van der Waals surface area contributed by atoms with Gasteiger partial charge in [-0.1, -0.05) is 0 Å². The Morgan fingerprint density at radius 3 is 2.59 bits per heavy atom. The van der Waals surface area contributed by atoms with E-state index < -0.39 is 0 Å². The second-order valence-corrected chi connectivity index (χ2v) is 7.03. The van der Waals surface area contributed by atoms with Crippen LogP contribution in [-0.2, 0) is 14.3 Å². The van der Waals surface area contributed by atoms with Gasteiger partial charge in [-0.3, -0.25) is 9.69 Å². The summed E-state index contributed by atoms with van der Waals surface area (Å²) in [5.41, 5.74) is 0. The summed E-state index contributed by atoms with van der Waals surface area (Å²) in [5.74, 6) is 0.248. The van der Waals surface area contributed by atoms with E-state index in [1.165, 1.54) is 0 Å². The zero-order valence-electron chi connectivity index (χ0n) is 14.6. The van der Waals surface area contributed by atoms with Crippen LogP contribution in [0.5, 0.6) is 0 Å². The summed E-state index contributed by atoms with van der Waals surface area (Å²) in [6.07, 6.45) is 3.51. The largest absolute Gasteiger partial charge is 0.378 e. The topological polar surface area (TPSA) is 42.0 Å². The second kappa shape index (κ2) is 8.27. The molecule has 1 amide bonds. The number of carbonyl (C=O) groups excluding carboxylic acids is 1. The molecule has 0 radical (unpaired) electrons. The van der Waals surface area contributed by atoms with Gasteiger partial charge in [-0.2, -0.15) is 0 Å². The first-order chi connectivity index (χ1) is 10.5. The van der Waals surface area contributed by atoms with Crippen molar-refractivity contribution in [2.24, 2.45) is 0 Å². The summed E-state index contributed by atoms with van der Waals surface area (Å²) in [4.78, 5) is 16.9. The molecule has 2 fully saturated rings. The summed E-state index contributed by atoms with van der Waals surface area (Å²) in [6, 6.07) is 0.365. The van der Waals surface area contributed by atoms with E-state index in [9.17, 15) is 4.79 Å². The highest BCUT2D eigenvalue weighted by Gasteiger charge is 2.32. The molecular formula is C17H32N2O3. The van der Waals surface area contributed by atoms with Crippen molar-refractivity contribution in [2.45, 2.75) is 71.3 Å². The zero-order chi connectivity index (χ0) is 16.1. The van der Waals surface area contributed by atoms with Crippen molar-refractivity contribution in [3.8, 4) is 0 Å². The maximum absolute atomic E-state index is 12.4. The number of morpholine rings is 1. The molecule has 3 unspecified atom stereocenters. The van der Waals surface area contributed by atoms with Crippen LogP contribution in [0.15, 0.2) is 0 Å². The van der Waals surface area contributed by atoms with E-state index in [2.05, 4.69) is 23.6 Å². The van der Waals surface area contributed by atoms with Gasteiger partial charge in [0.2, 0.25) is 5.91 Å². The fraction of sp³-hybridized carbons (Fsp3) is 0.941. The van der Waals surface area contributed by atoms with Crippen LogP contribution in [0.1, 0.15) is 47.0 Å². The van der Waals surface area contributed by atoms with Crippen molar-refractivity contribution in [1.29, 1.82) is 0 Å². The molecule has 22 heavy (non-hydrogen) atoms. The number of hydrogen-bond donors (Lipinski definition) is 0. The van der Waals surface area contributed by atoms with Gasteiger partial charge in [0.05, 0.1) is 31.3 Å². The average Bonchev–Trinajstić information content (AvgIpc) is 2.85. The van der Waals surface area contributed by atoms with Crippen molar-refractivity contribution < 1.29 is 14.3 Å². The maximum Gasteiger partial charge on any atom is 0.225 e. The zero-order valence-corrected chi connectivity index (χ0v) is 14.6. The van der Waals surface area contributed by atoms with Crippen molar-refractivity contribution in [2.75, 3.05) is 32.8 Å². The molecule has 2 rings (SSSR count). The molecule has 0 N–H and O–H groups in total. The van der Waals surface area contributed by atoms with Gasteiger partial charge in [0, 0.05) is 32.2 Å². The summed E-state index contributed by atoms with van der Waals surface area (Å²) < 4.78 is 11.3. The third kappa shape index (κ3) is 5.21. The maximum atomic E-state index is 12.4. The van der Waals surface area contributed by atoms with Crippen LogP contribution in [0.2, 0.25) is 0 Å². The van der Waals surface area contributed by atoms with E-state index in [4.69, 9.17) is 9.47 Å². The number of amides is 1. The standard InChI is InChI=1S/C17H32N2O3/c1-13(2)21-9-7-17(20)19-8-5-6-16(19)12-18-10-14(3)22-15(4)11-18/h13-16H,5-12H2,1-4H3. The predicted octanol–water partition coefficient (Wildman–Crippen LogP) is 1.90. The Kier molecular flexibility index (Phi) is 6.66. The molecule has 0 saturated carbocycles. The van der Waals surface area contributed by atoms with Crippen molar-refractivity contribution >= 4 is 5.91 Å². The van der Waals surface area contributed by atoms with Gasteiger partial charge in [-0.15, -0.1) is 0 Å². The fourth-order valence-corrected chi connectivity index (χ4v) is 3.61. The average molecular weight is 312 g/mol. The Morgan fingerprint density at radius 1 is 1.27 bits per heavy atom. The van der Waals surface area contributed by atoms with E-state index in [0.717, 1.165) is 39.0 Å². The first kappa shape index (κ1) is 17.7. The highest BCUT2D eigenvalue weighted by atomic mass is 16.5. The molecule has 0 bridgehead atoms. The van der Waals surface area contributed by atoms with Crippen LogP contribution >= 0.6 is 0 Å². The summed E-state index contributed by atoms with van der Waals surface area (Å²) in [6.45, 7) is 12.6. The lowest BCUT2D eigenvalue weighted by Gasteiger charge is -2.38. The number of rotatable bonds is 6. The minimum atomic E-state index is 0.193. The van der Waals surface area contributed by atoms with Crippen LogP contribution in [0.3, 0.4) is 0 Å². The first-order valence-corrected chi connectivity index (χ1v) is 8.74. The molecule has 2 aliphatic heterocycles. The Labute approximate surface area is 134 Å². The lowest BCUT2D eigenvalue weighted by molar-refractivity contribution is -0.134. The van der Waals surface area contributed by atoms with E-state index in [1.807, 2.05) is 13.8 Å². The molecule has 0 aliphatic carbocycles. The lowest BCUT2D eigenvalue weighted by atomic mass is 10.1. The molecule has 5 heteroatoms. The smallest absolute Gasteiger partial charge is 0.225 e. The molecule has 3 atom stereocenters. The Balaban J connectivity index is 1.81. The number of ether oxygens (including phenoxy) is 2. The minimum Gasteiger partial charge on any atom is -0.378 e. The monoisotopic (exact) mass is 312 g/mol. The molecule has 2 saturated heterocycles. The van der Waals surface area contributed by atoms with Gasteiger partial charge in [-0.05, 0) is 40.5 Å². The highest BCUT2D eigenvalue weighted by Crippen LogP contribution is 2.21. The van der Waals surface area contributed by atoms with Gasteiger partial charge < -0.3 is 14.4 Å². The van der Waals surface area contributed by atoms with E-state index in [-0.39, 0.29) is 24.2 Å². The summed E-state index contributed by atoms with van der Waals surface area (Å²) in [5, 5.41) is 0. The molecule has 5 nitrogen and oxygen atoms in total. The molecule has 0 spiro atoms. The SMILES string of the molecule is CC(C)OCCC(=O)N1CCCC1CN1CC(C)OC(C)C1. The molecule has 0 aromatic rings. The van der Waals surface area contributed by atoms with Gasteiger partial charge in [0.15, 0.2) is 0 Å². The normalized spacial score (nSPS) is 30.2. The number of likely N-dealkylation sites (tertiary alicyclic amines) is 1. The van der Waals surface area contributed by atoms with Gasteiger partial charge >= 0.3 is 0 Å². The summed E-state index contributed by atoms with van der Waals surface area (Å²) in [7, 11) is 0. The van der Waals surface area contributed by atoms with Crippen LogP contribution in [0.4, 0.5) is 0 Å². The van der Waals surface area contributed by atoms with Gasteiger partial charge in [0.25, 0.3) is 0 Å². The van der Waals surface area contributed by atoms with Crippen molar-refractivity contribution in [3.63, 3.8) is 0 Å². The van der Waals surface area contributed by atoms with Crippen molar-refractivity contribution in [1.82, 2.24) is 9.80 Å². The number of hydrogen-bond acceptors (Lipinski definition) is 4. The van der Waals surface area contributed by atoms with Gasteiger partial charge in [0.1, 0.15) is 0 Å². The minimum absolute atomic E-state index is 0.193. The van der Waals surface area contributed by atoms with Gasteiger partial charge in [-0.25, -0.2) is 0 Å². The van der Waals surface area contributed by atoms with E-state index in [1.54, 1.807) is 0 Å². The predicted molar refractivity (Wildman–Crippen MR) is 86.9 cm³/mol. The molecule has 0 aromatic heterocycles. The van der Waals surface area contributed by atoms with Crippen molar-refractivity contribution in [3.05, 3.63) is 0 Å². The van der Waals surface area contributed by atoms with Crippen LogP contribution in [-0.4, -0.2) is 72.8 Å². The first-order valence-electron chi connectivity index (χ1n) is 8.74. The Bertz CT molecular complexity index is 352. The Morgan fingerprint density at radius 2 is 1.95 bits per heavy atom. The third-order valence-corrected chi connectivity index (χ3v) is 4.43. The number of carbonyl (C=O) groups is 1. The second-order valence-electron chi connectivity index (χ2n) is 7.03. The quantitative estimate of drug-likeness (QED) is 0.751. The molecule has 2 heterocycles. The summed E-state index contributed by atoms with van der Waals surface area (Å²) >= 11 is 0. The van der Waals surface area contributed by atoms with Crippen LogP contribution in [0, 0.1) is 0 Å². The lowest BCUT2D eigenvalue weighted by Crippen LogP contribution is -2.51. The van der Waals surface area contributed by atoms with Crippen LogP contribution < -0.4 is 0 Å². The van der Waals surface area contributed by atoms with Crippen LogP contribution in [0.25, 0.3) is 0 Å². The molecule has 0 aromatic carbocycles. The highest BCUT2D eigenvalue weighted by molar-refractivity contribution is 5.77. The number of nitrogens with zero attached hydrogens (tertiary/aromatic N) is 2. The van der Waals surface area contributed by atoms with E-state index >= 15 is 0 Å². The molecule has 2 aliphatic rings. The molecule has 128 valence electrons. The third-order valence-electron chi connectivity index (χ3n) is 4.43. The van der Waals surface area contributed by atoms with E-state index in [0.29, 0.717) is 19.1 Å².